The molecule has 0 spiro atoms. The van der Waals surface area contributed by atoms with Gasteiger partial charge in [0, 0.05) is 20.3 Å². The zero-order chi connectivity index (χ0) is 17.8. The molecule has 1 aromatic carbocycles. The number of nitrogens with two attached hydrogens (primary N) is 1. The minimum Gasteiger partial charge on any atom is -0.484 e. The summed E-state index contributed by atoms with van der Waals surface area (Å²) in [6.45, 7) is 0.595. The van der Waals surface area contributed by atoms with Gasteiger partial charge in [-0.3, -0.25) is 14.4 Å². The summed E-state index contributed by atoms with van der Waals surface area (Å²) in [7, 11) is 1.55. The van der Waals surface area contributed by atoms with Gasteiger partial charge in [-0.2, -0.15) is 5.10 Å². The van der Waals surface area contributed by atoms with Gasteiger partial charge in [0.2, 0.25) is 0 Å². The fourth-order valence-corrected chi connectivity index (χ4v) is 1.55. The van der Waals surface area contributed by atoms with Crippen molar-refractivity contribution in [3.63, 3.8) is 0 Å². The fourth-order valence-electron chi connectivity index (χ4n) is 1.55. The molecule has 0 aromatic heterocycles. The molecule has 0 radical (unpaired) electrons. The van der Waals surface area contributed by atoms with Crippen molar-refractivity contribution in [1.29, 1.82) is 0 Å². The van der Waals surface area contributed by atoms with Crippen LogP contribution in [0.2, 0.25) is 0 Å². The Bertz CT molecular complexity index is 603. The van der Waals surface area contributed by atoms with Crippen LogP contribution in [-0.2, 0) is 19.1 Å². The number of benzene rings is 1. The van der Waals surface area contributed by atoms with Crippen LogP contribution in [-0.4, -0.2) is 50.8 Å². The third-order valence-electron chi connectivity index (χ3n) is 2.64. The maximum Gasteiger partial charge on any atom is 0.329 e. The van der Waals surface area contributed by atoms with Crippen molar-refractivity contribution in [2.24, 2.45) is 10.8 Å². The van der Waals surface area contributed by atoms with Crippen molar-refractivity contribution >= 4 is 23.9 Å². The lowest BCUT2D eigenvalue weighted by atomic mass is 10.2. The number of hydrogen-bond donors (Lipinski definition) is 3. The van der Waals surface area contributed by atoms with Gasteiger partial charge in [-0.05, 0) is 24.1 Å². The van der Waals surface area contributed by atoms with Crippen LogP contribution in [0.4, 0.5) is 0 Å². The molecule has 1 aromatic rings. The predicted molar refractivity (Wildman–Crippen MR) is 86.4 cm³/mol. The number of hydrazone groups is 1. The number of amides is 3. The Morgan fingerprint density at radius 3 is 2.79 bits per heavy atom. The highest BCUT2D eigenvalue weighted by atomic mass is 16.5. The van der Waals surface area contributed by atoms with E-state index in [0.29, 0.717) is 30.9 Å². The van der Waals surface area contributed by atoms with Gasteiger partial charge in [-0.1, -0.05) is 12.1 Å². The molecule has 0 bridgehead atoms. The largest absolute Gasteiger partial charge is 0.484 e. The van der Waals surface area contributed by atoms with Gasteiger partial charge < -0.3 is 20.5 Å². The number of carbonyl (C=O) groups excluding carboxylic acids is 3. The van der Waals surface area contributed by atoms with Gasteiger partial charge >= 0.3 is 11.8 Å². The zero-order valence-corrected chi connectivity index (χ0v) is 13.3. The number of carbonyl (C=O) groups is 3. The van der Waals surface area contributed by atoms with Crippen LogP contribution in [0.5, 0.6) is 5.75 Å². The summed E-state index contributed by atoms with van der Waals surface area (Å²) in [5.74, 6) is -1.80. The van der Waals surface area contributed by atoms with Crippen molar-refractivity contribution in [3.8, 4) is 5.75 Å². The Labute approximate surface area is 139 Å². The molecule has 0 atom stereocenters. The highest BCUT2D eigenvalue weighted by Crippen LogP contribution is 2.11. The summed E-state index contributed by atoms with van der Waals surface area (Å²) >= 11 is 0. The molecule has 3 amide bonds. The monoisotopic (exact) mass is 336 g/mol. The molecule has 0 aliphatic rings. The summed E-state index contributed by atoms with van der Waals surface area (Å²) in [4.78, 5) is 33.6. The fraction of sp³-hybridized carbons (Fsp3) is 0.333. The van der Waals surface area contributed by atoms with E-state index in [4.69, 9.17) is 15.2 Å². The number of ether oxygens (including phenoxy) is 2. The molecule has 0 aliphatic heterocycles. The Balaban J connectivity index is 2.43. The summed E-state index contributed by atoms with van der Waals surface area (Å²) in [6.07, 6.45) is 1.95. The van der Waals surface area contributed by atoms with E-state index in [2.05, 4.69) is 15.8 Å². The van der Waals surface area contributed by atoms with E-state index < -0.39 is 17.7 Å². The Morgan fingerprint density at radius 1 is 1.29 bits per heavy atom. The quantitative estimate of drug-likeness (QED) is 0.234. The van der Waals surface area contributed by atoms with Crippen molar-refractivity contribution in [1.82, 2.24) is 10.7 Å². The first-order chi connectivity index (χ1) is 11.5. The number of primary amides is 1. The first-order valence-electron chi connectivity index (χ1n) is 7.14. The topological polar surface area (TPSA) is 132 Å². The zero-order valence-electron chi connectivity index (χ0n) is 13.3. The average molecular weight is 336 g/mol. The first-order valence-corrected chi connectivity index (χ1v) is 7.14. The lowest BCUT2D eigenvalue weighted by Crippen LogP contribution is -2.38. The smallest absolute Gasteiger partial charge is 0.329 e. The maximum atomic E-state index is 11.5. The minimum absolute atomic E-state index is 0.236. The third kappa shape index (κ3) is 7.90. The Kier molecular flexibility index (Phi) is 8.54. The van der Waals surface area contributed by atoms with E-state index in [1.165, 1.54) is 6.21 Å². The van der Waals surface area contributed by atoms with Crippen LogP contribution in [0.25, 0.3) is 0 Å². The molecule has 24 heavy (non-hydrogen) atoms. The van der Waals surface area contributed by atoms with Gasteiger partial charge in [-0.15, -0.1) is 0 Å². The average Bonchev–Trinajstić information content (AvgIpc) is 2.57. The van der Waals surface area contributed by atoms with Crippen molar-refractivity contribution in [2.75, 3.05) is 26.9 Å². The van der Waals surface area contributed by atoms with Crippen LogP contribution in [0.3, 0.4) is 0 Å². The molecule has 9 heteroatoms. The Morgan fingerprint density at radius 2 is 2.08 bits per heavy atom. The van der Waals surface area contributed by atoms with Crippen LogP contribution in [0, 0.1) is 0 Å². The third-order valence-corrected chi connectivity index (χ3v) is 2.64. The van der Waals surface area contributed by atoms with Gasteiger partial charge in [0.05, 0.1) is 6.21 Å². The lowest BCUT2D eigenvalue weighted by molar-refractivity contribution is -0.139. The van der Waals surface area contributed by atoms with E-state index in [9.17, 15) is 14.4 Å². The summed E-state index contributed by atoms with van der Waals surface area (Å²) in [5.41, 5.74) is 7.71. The SMILES string of the molecule is COCCCNC(=O)C(=O)N/N=C\c1cccc(OCC(N)=O)c1. The van der Waals surface area contributed by atoms with Crippen LogP contribution < -0.4 is 21.2 Å². The van der Waals surface area contributed by atoms with E-state index in [0.717, 1.165) is 0 Å². The number of hydrogen-bond acceptors (Lipinski definition) is 6. The molecular weight excluding hydrogens is 316 g/mol. The molecule has 0 aliphatic carbocycles. The molecule has 0 unspecified atom stereocenters. The second-order valence-corrected chi connectivity index (χ2v) is 4.63. The van der Waals surface area contributed by atoms with Gasteiger partial charge in [0.25, 0.3) is 5.91 Å². The minimum atomic E-state index is -0.871. The summed E-state index contributed by atoms with van der Waals surface area (Å²) in [6, 6.07) is 6.63. The van der Waals surface area contributed by atoms with E-state index in [1.54, 1.807) is 31.4 Å². The number of nitrogens with one attached hydrogen (secondary N) is 2. The molecular formula is C15H20N4O5. The molecule has 130 valence electrons. The molecule has 0 saturated heterocycles. The predicted octanol–water partition coefficient (Wildman–Crippen LogP) is -0.846. The second kappa shape index (κ2) is 10.7. The maximum absolute atomic E-state index is 11.5. The second-order valence-electron chi connectivity index (χ2n) is 4.63. The van der Waals surface area contributed by atoms with E-state index in [-0.39, 0.29) is 6.61 Å². The molecule has 0 heterocycles. The van der Waals surface area contributed by atoms with Gasteiger partial charge in [0.1, 0.15) is 5.75 Å². The summed E-state index contributed by atoms with van der Waals surface area (Å²) < 4.78 is 9.97. The Hall–Kier alpha value is -2.94. The van der Waals surface area contributed by atoms with Crippen LogP contribution >= 0.6 is 0 Å². The number of methoxy groups -OCH3 is 1. The van der Waals surface area contributed by atoms with Gasteiger partial charge in [0.15, 0.2) is 6.61 Å². The van der Waals surface area contributed by atoms with Crippen LogP contribution in [0.15, 0.2) is 29.4 Å². The standard InChI is InChI=1S/C15H20N4O5/c1-23-7-3-6-17-14(21)15(22)19-18-9-11-4-2-5-12(8-11)24-10-13(16)20/h2,4-5,8-9H,3,6-7,10H2,1H3,(H2,16,20)(H,17,21)(H,19,22)/b18-9-. The first kappa shape index (κ1) is 19.1. The van der Waals surface area contributed by atoms with Gasteiger partial charge in [-0.25, -0.2) is 5.43 Å². The van der Waals surface area contributed by atoms with Crippen molar-refractivity contribution in [3.05, 3.63) is 29.8 Å². The van der Waals surface area contributed by atoms with Crippen molar-refractivity contribution < 1.29 is 23.9 Å². The molecule has 0 saturated carbocycles. The normalized spacial score (nSPS) is 10.4. The summed E-state index contributed by atoms with van der Waals surface area (Å²) in [5, 5.41) is 6.12. The number of nitrogens with zero attached hydrogens (tertiary/aromatic N) is 1. The molecule has 4 N–H and O–H groups in total. The highest BCUT2D eigenvalue weighted by Gasteiger charge is 2.11. The van der Waals surface area contributed by atoms with Crippen LogP contribution in [0.1, 0.15) is 12.0 Å². The van der Waals surface area contributed by atoms with Crippen molar-refractivity contribution in [2.45, 2.75) is 6.42 Å². The number of rotatable bonds is 9. The molecule has 1 rings (SSSR count). The van der Waals surface area contributed by atoms with E-state index in [1.807, 2.05) is 0 Å². The lowest BCUT2D eigenvalue weighted by Gasteiger charge is -2.04. The molecule has 9 nitrogen and oxygen atoms in total. The highest BCUT2D eigenvalue weighted by molar-refractivity contribution is 6.35. The van der Waals surface area contributed by atoms with E-state index >= 15 is 0 Å². The molecule has 0 fully saturated rings.